The van der Waals surface area contributed by atoms with E-state index in [4.69, 9.17) is 22.1 Å². The van der Waals surface area contributed by atoms with Crippen molar-refractivity contribution >= 4 is 11.6 Å². The van der Waals surface area contributed by atoms with Crippen LogP contribution in [0.15, 0.2) is 12.1 Å². The summed E-state index contributed by atoms with van der Waals surface area (Å²) in [5.74, 6) is 1.30. The lowest BCUT2D eigenvalue weighted by atomic mass is 9.95. The van der Waals surface area contributed by atoms with E-state index in [1.165, 1.54) is 0 Å². The average molecular weight is 240 g/mol. The molecule has 0 unspecified atom stereocenters. The number of hydrogen-bond donors (Lipinski definition) is 1. The second-order valence-corrected chi connectivity index (χ2v) is 5.32. The normalized spacial score (nSPS) is 17.6. The molecule has 16 heavy (non-hydrogen) atoms. The Morgan fingerprint density at radius 1 is 1.38 bits per heavy atom. The van der Waals surface area contributed by atoms with E-state index >= 15 is 0 Å². The van der Waals surface area contributed by atoms with Crippen molar-refractivity contribution in [3.8, 4) is 5.75 Å². The molecule has 1 aromatic carbocycles. The standard InChI is InChI=1S/C13H18ClNO/c1-8(2)10-6-9(14)7-11(12(10)16-3)13(15)4-5-13/h6-8H,4-5,15H2,1-3H3. The van der Waals surface area contributed by atoms with Crippen molar-refractivity contribution in [2.24, 2.45) is 5.73 Å². The smallest absolute Gasteiger partial charge is 0.127 e. The summed E-state index contributed by atoms with van der Waals surface area (Å²) in [5.41, 5.74) is 8.24. The minimum Gasteiger partial charge on any atom is -0.496 e. The third kappa shape index (κ3) is 1.92. The first-order valence-corrected chi connectivity index (χ1v) is 6.02. The topological polar surface area (TPSA) is 35.2 Å². The van der Waals surface area contributed by atoms with E-state index in [-0.39, 0.29) is 5.54 Å². The molecule has 1 aliphatic rings. The van der Waals surface area contributed by atoms with Gasteiger partial charge in [0.25, 0.3) is 0 Å². The molecule has 1 saturated carbocycles. The molecule has 0 amide bonds. The molecular formula is C13H18ClNO. The van der Waals surface area contributed by atoms with Crippen LogP contribution in [0.25, 0.3) is 0 Å². The number of halogens is 1. The summed E-state index contributed by atoms with van der Waals surface area (Å²) < 4.78 is 5.52. The summed E-state index contributed by atoms with van der Waals surface area (Å²) in [6.45, 7) is 4.27. The Morgan fingerprint density at radius 3 is 2.44 bits per heavy atom. The van der Waals surface area contributed by atoms with E-state index in [1.54, 1.807) is 7.11 Å². The molecule has 0 spiro atoms. The molecule has 88 valence electrons. The van der Waals surface area contributed by atoms with E-state index in [2.05, 4.69) is 13.8 Å². The lowest BCUT2D eigenvalue weighted by Crippen LogP contribution is -2.20. The van der Waals surface area contributed by atoms with Crippen LogP contribution >= 0.6 is 11.6 Å². The van der Waals surface area contributed by atoms with Gasteiger partial charge in [0.05, 0.1) is 7.11 Å². The van der Waals surface area contributed by atoms with Gasteiger partial charge in [-0.2, -0.15) is 0 Å². The van der Waals surface area contributed by atoms with E-state index in [1.807, 2.05) is 12.1 Å². The third-order valence-electron chi connectivity index (χ3n) is 3.23. The minimum absolute atomic E-state index is 0.208. The molecule has 2 N–H and O–H groups in total. The van der Waals surface area contributed by atoms with Crippen molar-refractivity contribution in [1.82, 2.24) is 0 Å². The first-order chi connectivity index (χ1) is 7.48. The van der Waals surface area contributed by atoms with Crippen LogP contribution in [0, 0.1) is 0 Å². The van der Waals surface area contributed by atoms with Crippen LogP contribution in [0.3, 0.4) is 0 Å². The molecule has 1 aromatic rings. The predicted molar refractivity (Wildman–Crippen MR) is 67.2 cm³/mol. The van der Waals surface area contributed by atoms with Crippen molar-refractivity contribution in [1.29, 1.82) is 0 Å². The SMILES string of the molecule is COc1c(C(C)C)cc(Cl)cc1C1(N)CC1. The Morgan fingerprint density at radius 2 is 2.00 bits per heavy atom. The molecule has 2 nitrogen and oxygen atoms in total. The molecule has 0 atom stereocenters. The zero-order valence-corrected chi connectivity index (χ0v) is 10.8. The number of rotatable bonds is 3. The third-order valence-corrected chi connectivity index (χ3v) is 3.45. The van der Waals surface area contributed by atoms with Crippen molar-refractivity contribution in [2.75, 3.05) is 7.11 Å². The highest BCUT2D eigenvalue weighted by Crippen LogP contribution is 2.49. The zero-order valence-electron chi connectivity index (χ0n) is 10.0. The summed E-state index contributed by atoms with van der Waals surface area (Å²) in [6, 6.07) is 3.92. The highest BCUT2D eigenvalue weighted by Gasteiger charge is 2.43. The van der Waals surface area contributed by atoms with Crippen LogP contribution in [0.4, 0.5) is 0 Å². The fourth-order valence-corrected chi connectivity index (χ4v) is 2.27. The van der Waals surface area contributed by atoms with Gasteiger partial charge in [0.1, 0.15) is 5.75 Å². The van der Waals surface area contributed by atoms with Crippen LogP contribution in [0.5, 0.6) is 5.75 Å². The van der Waals surface area contributed by atoms with Crippen molar-refractivity contribution in [2.45, 2.75) is 38.1 Å². The fraction of sp³-hybridized carbons (Fsp3) is 0.538. The molecule has 0 radical (unpaired) electrons. The minimum atomic E-state index is -0.208. The van der Waals surface area contributed by atoms with E-state index in [0.29, 0.717) is 5.92 Å². The largest absolute Gasteiger partial charge is 0.496 e. The van der Waals surface area contributed by atoms with Crippen molar-refractivity contribution in [3.05, 3.63) is 28.3 Å². The molecule has 0 aromatic heterocycles. The second kappa shape index (κ2) is 3.94. The van der Waals surface area contributed by atoms with Crippen LogP contribution < -0.4 is 10.5 Å². The van der Waals surface area contributed by atoms with Crippen molar-refractivity contribution < 1.29 is 4.74 Å². The predicted octanol–water partition coefficient (Wildman–Crippen LogP) is 3.42. The Labute approximate surface area is 102 Å². The molecule has 3 heteroatoms. The molecule has 1 fully saturated rings. The average Bonchev–Trinajstić information content (AvgIpc) is 2.96. The van der Waals surface area contributed by atoms with Gasteiger partial charge in [-0.3, -0.25) is 0 Å². The maximum absolute atomic E-state index is 6.24. The summed E-state index contributed by atoms with van der Waals surface area (Å²) >= 11 is 6.15. The Hall–Kier alpha value is -0.730. The number of nitrogens with two attached hydrogens (primary N) is 1. The maximum atomic E-state index is 6.24. The quantitative estimate of drug-likeness (QED) is 0.877. The van der Waals surface area contributed by atoms with Gasteiger partial charge in [-0.15, -0.1) is 0 Å². The van der Waals surface area contributed by atoms with Crippen LogP contribution in [0.2, 0.25) is 5.02 Å². The zero-order chi connectivity index (χ0) is 11.9. The Kier molecular flexibility index (Phi) is 2.89. The van der Waals surface area contributed by atoms with E-state index in [9.17, 15) is 0 Å². The number of benzene rings is 1. The first-order valence-electron chi connectivity index (χ1n) is 5.65. The molecule has 0 bridgehead atoms. The highest BCUT2D eigenvalue weighted by molar-refractivity contribution is 6.30. The molecule has 0 heterocycles. The summed E-state index contributed by atoms with van der Waals surface area (Å²) in [4.78, 5) is 0. The van der Waals surface area contributed by atoms with Gasteiger partial charge in [-0.25, -0.2) is 0 Å². The van der Waals surface area contributed by atoms with E-state index in [0.717, 1.165) is 34.7 Å². The van der Waals surface area contributed by atoms with Gasteiger partial charge >= 0.3 is 0 Å². The molecule has 0 aliphatic heterocycles. The van der Waals surface area contributed by atoms with Crippen molar-refractivity contribution in [3.63, 3.8) is 0 Å². The first kappa shape index (κ1) is 11.7. The second-order valence-electron chi connectivity index (χ2n) is 4.89. The van der Waals surface area contributed by atoms with Gasteiger partial charge < -0.3 is 10.5 Å². The van der Waals surface area contributed by atoms with E-state index < -0.39 is 0 Å². The van der Waals surface area contributed by atoms with Gasteiger partial charge in [0.15, 0.2) is 0 Å². The number of methoxy groups -OCH3 is 1. The Bertz CT molecular complexity index is 411. The number of ether oxygens (including phenoxy) is 1. The van der Waals surface area contributed by atoms with Gasteiger partial charge in [0, 0.05) is 16.1 Å². The molecule has 0 saturated heterocycles. The Balaban J connectivity index is 2.59. The lowest BCUT2D eigenvalue weighted by molar-refractivity contribution is 0.397. The van der Waals surface area contributed by atoms with Crippen LogP contribution in [0.1, 0.15) is 43.7 Å². The summed E-state index contributed by atoms with van der Waals surface area (Å²) in [6.07, 6.45) is 2.03. The van der Waals surface area contributed by atoms with Gasteiger partial charge in [0.2, 0.25) is 0 Å². The highest BCUT2D eigenvalue weighted by atomic mass is 35.5. The summed E-state index contributed by atoms with van der Waals surface area (Å²) in [5, 5.41) is 0.747. The fourth-order valence-electron chi connectivity index (χ4n) is 2.05. The molecule has 1 aliphatic carbocycles. The van der Waals surface area contributed by atoms with Gasteiger partial charge in [-0.1, -0.05) is 25.4 Å². The number of hydrogen-bond acceptors (Lipinski definition) is 2. The monoisotopic (exact) mass is 239 g/mol. The van der Waals surface area contributed by atoms with Crippen LogP contribution in [-0.4, -0.2) is 7.11 Å². The molecular weight excluding hydrogens is 222 g/mol. The molecule has 2 rings (SSSR count). The maximum Gasteiger partial charge on any atom is 0.127 e. The van der Waals surface area contributed by atoms with Crippen LogP contribution in [-0.2, 0) is 5.54 Å². The lowest BCUT2D eigenvalue weighted by Gasteiger charge is -2.20. The summed E-state index contributed by atoms with van der Waals surface area (Å²) in [7, 11) is 1.70. The van der Waals surface area contributed by atoms with Gasteiger partial charge in [-0.05, 0) is 36.5 Å².